The van der Waals surface area contributed by atoms with Gasteiger partial charge >= 0.3 is 0 Å². The lowest BCUT2D eigenvalue weighted by molar-refractivity contribution is -0.119. The van der Waals surface area contributed by atoms with Crippen molar-refractivity contribution in [2.24, 2.45) is 17.8 Å². The lowest BCUT2D eigenvalue weighted by atomic mass is 9.84. The summed E-state index contributed by atoms with van der Waals surface area (Å²) in [6.45, 7) is 2.20. The van der Waals surface area contributed by atoms with Crippen molar-refractivity contribution in [3.8, 4) is 0 Å². The van der Waals surface area contributed by atoms with E-state index in [2.05, 4.69) is 24.4 Å². The summed E-state index contributed by atoms with van der Waals surface area (Å²) in [5, 5.41) is 3.23. The van der Waals surface area contributed by atoms with Crippen molar-refractivity contribution >= 4 is 17.7 Å². The summed E-state index contributed by atoms with van der Waals surface area (Å²) in [5.74, 6) is 4.24. The highest BCUT2D eigenvalue weighted by Gasteiger charge is 2.41. The number of nitrogens with one attached hydrogen (secondary N) is 1. The first-order valence-electron chi connectivity index (χ1n) is 8.13. The zero-order valence-corrected chi connectivity index (χ0v) is 13.6. The highest BCUT2D eigenvalue weighted by Crippen LogP contribution is 2.49. The van der Waals surface area contributed by atoms with Crippen LogP contribution in [0.3, 0.4) is 0 Å². The zero-order valence-electron chi connectivity index (χ0n) is 12.8. The maximum absolute atomic E-state index is 12.1. The number of thioether (sulfide) groups is 1. The van der Waals surface area contributed by atoms with E-state index < -0.39 is 0 Å². The minimum atomic E-state index is 0.200. The average molecular weight is 303 g/mol. The number of hydrogen-bond acceptors (Lipinski definition) is 2. The molecule has 3 rings (SSSR count). The van der Waals surface area contributed by atoms with Crippen LogP contribution >= 0.6 is 11.8 Å². The first kappa shape index (κ1) is 15.0. The number of benzene rings is 1. The normalized spacial score (nSPS) is 28.5. The molecular formula is C18H25NOS. The molecule has 3 heteroatoms. The van der Waals surface area contributed by atoms with Crippen LogP contribution in [0.1, 0.15) is 38.2 Å². The van der Waals surface area contributed by atoms with Gasteiger partial charge in [0, 0.05) is 11.8 Å². The summed E-state index contributed by atoms with van der Waals surface area (Å²) >= 11 is 1.70. The quantitative estimate of drug-likeness (QED) is 0.864. The molecule has 21 heavy (non-hydrogen) atoms. The van der Waals surface area contributed by atoms with Gasteiger partial charge in [0.2, 0.25) is 5.91 Å². The Morgan fingerprint density at radius 3 is 2.76 bits per heavy atom. The SMILES string of the molecule is CC(NC(=O)CSCc1ccccc1)C1CC2CCC1C2. The maximum atomic E-state index is 12.1. The van der Waals surface area contributed by atoms with Crippen molar-refractivity contribution in [1.29, 1.82) is 0 Å². The molecule has 2 fully saturated rings. The van der Waals surface area contributed by atoms with Crippen molar-refractivity contribution < 1.29 is 4.79 Å². The van der Waals surface area contributed by atoms with Gasteiger partial charge in [0.15, 0.2) is 0 Å². The number of rotatable bonds is 6. The van der Waals surface area contributed by atoms with Crippen LogP contribution < -0.4 is 5.32 Å². The number of fused-ring (bicyclic) bond motifs is 2. The maximum Gasteiger partial charge on any atom is 0.230 e. The molecule has 0 saturated heterocycles. The van der Waals surface area contributed by atoms with Gasteiger partial charge < -0.3 is 5.32 Å². The molecule has 2 saturated carbocycles. The van der Waals surface area contributed by atoms with Gasteiger partial charge in [-0.25, -0.2) is 0 Å². The summed E-state index contributed by atoms with van der Waals surface area (Å²) < 4.78 is 0. The summed E-state index contributed by atoms with van der Waals surface area (Å²) in [6, 6.07) is 10.7. The van der Waals surface area contributed by atoms with Gasteiger partial charge in [-0.05, 0) is 49.5 Å². The Morgan fingerprint density at radius 1 is 1.29 bits per heavy atom. The van der Waals surface area contributed by atoms with Crippen molar-refractivity contribution in [3.63, 3.8) is 0 Å². The van der Waals surface area contributed by atoms with E-state index in [1.807, 2.05) is 18.2 Å². The highest BCUT2D eigenvalue weighted by molar-refractivity contribution is 7.99. The van der Waals surface area contributed by atoms with Gasteiger partial charge in [0.05, 0.1) is 5.75 Å². The van der Waals surface area contributed by atoms with Crippen molar-refractivity contribution in [3.05, 3.63) is 35.9 Å². The predicted molar refractivity (Wildman–Crippen MR) is 89.1 cm³/mol. The smallest absolute Gasteiger partial charge is 0.230 e. The zero-order chi connectivity index (χ0) is 14.7. The van der Waals surface area contributed by atoms with Crippen LogP contribution in [0.15, 0.2) is 30.3 Å². The van der Waals surface area contributed by atoms with Gasteiger partial charge in [-0.15, -0.1) is 11.8 Å². The first-order valence-corrected chi connectivity index (χ1v) is 9.29. The van der Waals surface area contributed by atoms with Crippen LogP contribution in [-0.2, 0) is 10.5 Å². The fourth-order valence-electron chi connectivity index (χ4n) is 4.14. The molecule has 1 N–H and O–H groups in total. The van der Waals surface area contributed by atoms with E-state index >= 15 is 0 Å². The second kappa shape index (κ2) is 6.87. The predicted octanol–water partition coefficient (Wildman–Crippen LogP) is 3.86. The van der Waals surface area contributed by atoms with Crippen LogP contribution in [-0.4, -0.2) is 17.7 Å². The molecule has 1 amide bonds. The number of carbonyl (C=O) groups excluding carboxylic acids is 1. The lowest BCUT2D eigenvalue weighted by Gasteiger charge is -2.28. The number of amides is 1. The fraction of sp³-hybridized carbons (Fsp3) is 0.611. The molecule has 0 radical (unpaired) electrons. The van der Waals surface area contributed by atoms with Gasteiger partial charge in [-0.3, -0.25) is 4.79 Å². The van der Waals surface area contributed by atoms with E-state index in [9.17, 15) is 4.79 Å². The summed E-state index contributed by atoms with van der Waals surface area (Å²) in [6.07, 6.45) is 5.56. The third-order valence-corrected chi connectivity index (χ3v) is 6.17. The molecule has 4 unspecified atom stereocenters. The monoisotopic (exact) mass is 303 g/mol. The molecule has 114 valence electrons. The van der Waals surface area contributed by atoms with E-state index in [1.54, 1.807) is 11.8 Å². The Hall–Kier alpha value is -0.960. The molecule has 2 aliphatic carbocycles. The Morgan fingerprint density at radius 2 is 2.10 bits per heavy atom. The number of carbonyl (C=O) groups is 1. The molecular weight excluding hydrogens is 278 g/mol. The third-order valence-electron chi connectivity index (χ3n) is 5.17. The Bertz CT molecular complexity index is 475. The Kier molecular flexibility index (Phi) is 4.89. The van der Waals surface area contributed by atoms with E-state index in [0.717, 1.165) is 23.5 Å². The average Bonchev–Trinajstić information content (AvgIpc) is 3.11. The van der Waals surface area contributed by atoms with Crippen LogP contribution in [0, 0.1) is 17.8 Å². The minimum absolute atomic E-state index is 0.200. The van der Waals surface area contributed by atoms with E-state index in [-0.39, 0.29) is 5.91 Å². The largest absolute Gasteiger partial charge is 0.353 e. The van der Waals surface area contributed by atoms with Crippen LogP contribution in [0.25, 0.3) is 0 Å². The number of hydrogen-bond donors (Lipinski definition) is 1. The molecule has 2 nitrogen and oxygen atoms in total. The second-order valence-corrected chi connectivity index (χ2v) is 7.66. The van der Waals surface area contributed by atoms with E-state index in [1.165, 1.54) is 31.2 Å². The summed E-state index contributed by atoms with van der Waals surface area (Å²) in [4.78, 5) is 12.1. The van der Waals surface area contributed by atoms with Gasteiger partial charge in [-0.2, -0.15) is 0 Å². The summed E-state index contributed by atoms with van der Waals surface area (Å²) in [7, 11) is 0. The van der Waals surface area contributed by atoms with Crippen LogP contribution in [0.2, 0.25) is 0 Å². The fourth-order valence-corrected chi connectivity index (χ4v) is 4.94. The Balaban J connectivity index is 1.38. The van der Waals surface area contributed by atoms with E-state index in [0.29, 0.717) is 11.8 Å². The van der Waals surface area contributed by atoms with Gasteiger partial charge in [0.25, 0.3) is 0 Å². The molecule has 2 bridgehead atoms. The highest BCUT2D eigenvalue weighted by atomic mass is 32.2. The summed E-state index contributed by atoms with van der Waals surface area (Å²) in [5.41, 5.74) is 1.29. The van der Waals surface area contributed by atoms with Crippen molar-refractivity contribution in [1.82, 2.24) is 5.32 Å². The van der Waals surface area contributed by atoms with Crippen LogP contribution in [0.4, 0.5) is 0 Å². The topological polar surface area (TPSA) is 29.1 Å². The van der Waals surface area contributed by atoms with E-state index in [4.69, 9.17) is 0 Å². The molecule has 0 heterocycles. The molecule has 1 aromatic rings. The van der Waals surface area contributed by atoms with Crippen molar-refractivity contribution in [2.75, 3.05) is 5.75 Å². The Labute approximate surface area is 132 Å². The van der Waals surface area contributed by atoms with Crippen LogP contribution in [0.5, 0.6) is 0 Å². The third kappa shape index (κ3) is 3.82. The first-order chi connectivity index (χ1) is 10.2. The molecule has 2 aliphatic rings. The molecule has 4 atom stereocenters. The molecule has 1 aromatic carbocycles. The van der Waals surface area contributed by atoms with Gasteiger partial charge in [-0.1, -0.05) is 36.8 Å². The molecule has 0 aliphatic heterocycles. The molecule has 0 aromatic heterocycles. The lowest BCUT2D eigenvalue weighted by Crippen LogP contribution is -2.40. The second-order valence-electron chi connectivity index (χ2n) is 6.67. The van der Waals surface area contributed by atoms with Gasteiger partial charge in [0.1, 0.15) is 0 Å². The standard InChI is InChI=1S/C18H25NOS/c1-13(17-10-15-7-8-16(17)9-15)19-18(20)12-21-11-14-5-3-2-4-6-14/h2-6,13,15-17H,7-12H2,1H3,(H,19,20). The molecule has 0 spiro atoms. The minimum Gasteiger partial charge on any atom is -0.353 e. The van der Waals surface area contributed by atoms with Crippen molar-refractivity contribution in [2.45, 2.75) is 44.4 Å².